The summed E-state index contributed by atoms with van der Waals surface area (Å²) in [5.74, 6) is 0.826. The van der Waals surface area contributed by atoms with Gasteiger partial charge in [-0.15, -0.1) is 0 Å². The fourth-order valence-corrected chi connectivity index (χ4v) is 7.66. The molecule has 0 amide bonds. The molecule has 0 saturated heterocycles. The van der Waals surface area contributed by atoms with Crippen LogP contribution in [0.5, 0.6) is 11.5 Å². The van der Waals surface area contributed by atoms with Gasteiger partial charge in [0.05, 0.1) is 30.9 Å². The van der Waals surface area contributed by atoms with E-state index < -0.39 is 5.97 Å². The summed E-state index contributed by atoms with van der Waals surface area (Å²) in [6.07, 6.45) is 6.47. The van der Waals surface area contributed by atoms with E-state index in [-0.39, 0.29) is 5.78 Å². The Labute approximate surface area is 280 Å². The third kappa shape index (κ3) is 5.63. The Bertz CT molecular complexity index is 2000. The lowest BCUT2D eigenvalue weighted by atomic mass is 10.1. The number of Topliss-reactive ketones (excluding diaryl/α,β-unsaturated/α-hetero) is 1. The highest BCUT2D eigenvalue weighted by Crippen LogP contribution is 2.40. The Morgan fingerprint density at radius 1 is 0.646 bits per heavy atom. The van der Waals surface area contributed by atoms with Crippen molar-refractivity contribution in [2.24, 2.45) is 0 Å². The molecule has 2 heterocycles. The molecule has 244 valence electrons. The number of aromatic nitrogens is 2. The van der Waals surface area contributed by atoms with Gasteiger partial charge < -0.3 is 23.7 Å². The second-order valence-corrected chi connectivity index (χ2v) is 12.7. The predicted molar refractivity (Wildman–Crippen MR) is 189 cm³/mol. The molecule has 4 aromatic carbocycles. The zero-order valence-electron chi connectivity index (χ0n) is 27.7. The van der Waals surface area contributed by atoms with Crippen LogP contribution < -0.4 is 9.47 Å². The first kappa shape index (κ1) is 31.3. The van der Waals surface area contributed by atoms with Crippen molar-refractivity contribution >= 4 is 33.6 Å². The number of ketones is 1. The largest absolute Gasteiger partial charge is 0.496 e. The van der Waals surface area contributed by atoms with E-state index in [4.69, 9.17) is 9.47 Å². The number of aromatic carboxylic acids is 1. The van der Waals surface area contributed by atoms with Gasteiger partial charge in [-0.2, -0.15) is 0 Å². The highest BCUT2D eigenvalue weighted by Gasteiger charge is 2.25. The number of benzene rings is 4. The molecule has 7 heteroatoms. The van der Waals surface area contributed by atoms with Gasteiger partial charge in [0.1, 0.15) is 17.2 Å². The van der Waals surface area contributed by atoms with E-state index in [1.54, 1.807) is 27.2 Å². The molecule has 0 radical (unpaired) electrons. The van der Waals surface area contributed by atoms with E-state index in [1.165, 1.54) is 39.8 Å². The minimum Gasteiger partial charge on any atom is -0.496 e. The van der Waals surface area contributed by atoms with Crippen LogP contribution in [0.15, 0.2) is 84.9 Å². The van der Waals surface area contributed by atoms with Gasteiger partial charge in [-0.1, -0.05) is 60.7 Å². The number of carbonyl (C=O) groups is 2. The van der Waals surface area contributed by atoms with Crippen LogP contribution in [0.2, 0.25) is 0 Å². The molecule has 0 aliphatic heterocycles. The van der Waals surface area contributed by atoms with E-state index >= 15 is 0 Å². The average molecular weight is 641 g/mol. The van der Waals surface area contributed by atoms with Gasteiger partial charge >= 0.3 is 5.97 Å². The molecular weight excluding hydrogens is 600 g/mol. The Balaban J connectivity index is 0.000000152. The Kier molecular flexibility index (Phi) is 8.52. The van der Waals surface area contributed by atoms with E-state index in [0.29, 0.717) is 18.8 Å². The number of aryl methyl sites for hydroxylation is 4. The molecule has 48 heavy (non-hydrogen) atoms. The molecule has 0 saturated carbocycles. The second kappa shape index (κ2) is 13.1. The molecule has 2 aliphatic carbocycles. The van der Waals surface area contributed by atoms with Crippen LogP contribution in [0.1, 0.15) is 74.1 Å². The number of carboxylic acids is 1. The van der Waals surface area contributed by atoms with Crippen molar-refractivity contribution in [1.82, 2.24) is 9.13 Å². The zero-order chi connectivity index (χ0) is 33.4. The number of carbonyl (C=O) groups excluding carboxylic acids is 1. The van der Waals surface area contributed by atoms with Gasteiger partial charge in [0.2, 0.25) is 0 Å². The summed E-state index contributed by atoms with van der Waals surface area (Å²) in [7, 11) is 3.35. The van der Waals surface area contributed by atoms with E-state index in [9.17, 15) is 14.7 Å². The van der Waals surface area contributed by atoms with Crippen LogP contribution in [0.3, 0.4) is 0 Å². The molecule has 2 aliphatic rings. The van der Waals surface area contributed by atoms with Crippen LogP contribution in [0.4, 0.5) is 0 Å². The fraction of sp³-hybridized carbons (Fsp3) is 0.268. The highest BCUT2D eigenvalue weighted by molar-refractivity contribution is 6.02. The minimum absolute atomic E-state index is 0.0935. The summed E-state index contributed by atoms with van der Waals surface area (Å²) in [5, 5.41) is 11.6. The summed E-state index contributed by atoms with van der Waals surface area (Å²) >= 11 is 0. The summed E-state index contributed by atoms with van der Waals surface area (Å²) < 4.78 is 15.3. The average Bonchev–Trinajstić information content (AvgIpc) is 3.90. The molecule has 6 aromatic rings. The van der Waals surface area contributed by atoms with E-state index in [1.807, 2.05) is 59.2 Å². The van der Waals surface area contributed by atoms with Crippen LogP contribution in [-0.2, 0) is 38.8 Å². The second-order valence-electron chi connectivity index (χ2n) is 12.7. The number of methoxy groups -OCH3 is 2. The maximum absolute atomic E-state index is 12.3. The Morgan fingerprint density at radius 2 is 1.08 bits per heavy atom. The summed E-state index contributed by atoms with van der Waals surface area (Å²) in [5.41, 5.74) is 10.9. The lowest BCUT2D eigenvalue weighted by molar-refractivity contribution is 0.0686. The topological polar surface area (TPSA) is 82.7 Å². The lowest BCUT2D eigenvalue weighted by Crippen LogP contribution is -2.10. The van der Waals surface area contributed by atoms with Crippen molar-refractivity contribution in [2.75, 3.05) is 14.2 Å². The number of nitrogens with zero attached hydrogens (tertiary/aromatic N) is 2. The molecule has 7 nitrogen and oxygen atoms in total. The number of ether oxygens (including phenoxy) is 2. The van der Waals surface area contributed by atoms with Crippen molar-refractivity contribution in [2.45, 2.75) is 58.5 Å². The maximum Gasteiger partial charge on any atom is 0.352 e. The van der Waals surface area contributed by atoms with Gasteiger partial charge in [-0.05, 0) is 96.2 Å². The normalized spacial score (nSPS) is 13.2. The monoisotopic (exact) mass is 640 g/mol. The molecule has 2 aromatic heterocycles. The minimum atomic E-state index is -0.907. The Hall–Kier alpha value is -5.30. The number of fused-ring (bicyclic) bond motifs is 6. The van der Waals surface area contributed by atoms with E-state index in [2.05, 4.69) is 28.8 Å². The van der Waals surface area contributed by atoms with Crippen molar-refractivity contribution < 1.29 is 24.2 Å². The number of hydrogen-bond donors (Lipinski definition) is 1. The Morgan fingerprint density at radius 3 is 1.50 bits per heavy atom. The molecule has 1 N–H and O–H groups in total. The van der Waals surface area contributed by atoms with Gasteiger partial charge in [0.15, 0.2) is 5.78 Å². The van der Waals surface area contributed by atoms with Crippen molar-refractivity contribution in [1.29, 1.82) is 0 Å². The molecule has 0 fully saturated rings. The first-order chi connectivity index (χ1) is 23.4. The summed E-state index contributed by atoms with van der Waals surface area (Å²) in [6.45, 7) is 2.90. The molecular formula is C41H40N2O5. The summed E-state index contributed by atoms with van der Waals surface area (Å²) in [4.78, 5) is 24.1. The maximum atomic E-state index is 12.3. The molecule has 8 rings (SSSR count). The quantitative estimate of drug-likeness (QED) is 0.169. The lowest BCUT2D eigenvalue weighted by Gasteiger charge is -2.13. The van der Waals surface area contributed by atoms with Gasteiger partial charge in [0.25, 0.3) is 0 Å². The summed E-state index contributed by atoms with van der Waals surface area (Å²) in [6, 6.07) is 28.3. The highest BCUT2D eigenvalue weighted by atomic mass is 16.5. The fourth-order valence-electron chi connectivity index (χ4n) is 7.66. The third-order valence-electron chi connectivity index (χ3n) is 9.81. The molecule has 0 unspecified atom stereocenters. The van der Waals surface area contributed by atoms with Gasteiger partial charge in [0, 0.05) is 30.8 Å². The van der Waals surface area contributed by atoms with Crippen molar-refractivity contribution in [3.8, 4) is 11.5 Å². The first-order valence-electron chi connectivity index (χ1n) is 16.6. The van der Waals surface area contributed by atoms with Crippen molar-refractivity contribution in [3.63, 3.8) is 0 Å². The molecule has 0 bridgehead atoms. The van der Waals surface area contributed by atoms with Crippen LogP contribution in [0.25, 0.3) is 21.8 Å². The van der Waals surface area contributed by atoms with Gasteiger partial charge in [-0.3, -0.25) is 4.79 Å². The number of carboxylic acid groups (broad SMARTS) is 1. The van der Waals surface area contributed by atoms with Gasteiger partial charge in [-0.25, -0.2) is 4.79 Å². The van der Waals surface area contributed by atoms with Crippen LogP contribution in [0, 0.1) is 0 Å². The standard InChI is InChI=1S/C21H21NO2.C20H19NO3/c1-14(23)19-12-18-20(24-2)11-16-9-6-10-17(16)21(18)22(19)13-15-7-4-3-5-8-15;1-24-18-10-14-8-5-9-15(14)19-16(18)11-17(20(22)23)21(19)12-13-6-3-2-4-7-13/h3-5,7-8,11-12H,6,9-10,13H2,1-2H3;2-4,6-7,10-11H,5,8-9,12H2,1H3,(H,22,23). The van der Waals surface area contributed by atoms with Crippen molar-refractivity contribution in [3.05, 3.63) is 130 Å². The number of rotatable bonds is 8. The molecule has 0 spiro atoms. The van der Waals surface area contributed by atoms with E-state index in [0.717, 1.165) is 71.1 Å². The third-order valence-corrected chi connectivity index (χ3v) is 9.81. The zero-order valence-corrected chi connectivity index (χ0v) is 27.7. The molecule has 0 atom stereocenters. The van der Waals surface area contributed by atoms with Crippen LogP contribution in [-0.4, -0.2) is 40.2 Å². The number of hydrogen-bond acceptors (Lipinski definition) is 4. The first-order valence-corrected chi connectivity index (χ1v) is 16.6. The predicted octanol–water partition coefficient (Wildman–Crippen LogP) is 8.27. The SMILES string of the molecule is COc1cc2c(c3c1cc(C(=O)O)n3Cc1ccccc1)CCC2.COc1cc2c(c3c1cc(C(C)=O)n3Cc1ccccc1)CCC2. The van der Waals surface area contributed by atoms with Crippen LogP contribution >= 0.6 is 0 Å². The smallest absolute Gasteiger partial charge is 0.352 e.